The van der Waals surface area contributed by atoms with E-state index in [1.54, 1.807) is 0 Å². The number of hydrogen-bond donors (Lipinski definition) is 0. The van der Waals surface area contributed by atoms with Gasteiger partial charge in [0.15, 0.2) is 16.1 Å². The van der Waals surface area contributed by atoms with E-state index in [4.69, 9.17) is 4.74 Å². The first kappa shape index (κ1) is 34.2. The summed E-state index contributed by atoms with van der Waals surface area (Å²) in [6.45, 7) is 19.8. The van der Waals surface area contributed by atoms with Crippen molar-refractivity contribution in [3.8, 4) is 11.5 Å². The molecule has 0 N–H and O–H groups in total. The van der Waals surface area contributed by atoms with E-state index in [0.717, 1.165) is 11.5 Å². The molecule has 0 bridgehead atoms. The monoisotopic (exact) mass is 702 g/mol. The lowest BCUT2D eigenvalue weighted by atomic mass is 10.2. The van der Waals surface area contributed by atoms with Crippen LogP contribution in [0.2, 0.25) is 23.2 Å². The van der Waals surface area contributed by atoms with Gasteiger partial charge in [0.1, 0.15) is 19.6 Å². The summed E-state index contributed by atoms with van der Waals surface area (Å²) in [6.07, 6.45) is 0. The highest BCUT2D eigenvalue weighted by Crippen LogP contribution is 2.41. The molecular weight excluding hydrogens is 653 g/mol. The maximum Gasteiger partial charge on any atom is 0.158 e. The quantitative estimate of drug-likeness (QED) is 0.132. The van der Waals surface area contributed by atoms with Crippen LogP contribution in [0.25, 0.3) is 0 Å². The summed E-state index contributed by atoms with van der Waals surface area (Å²) in [5, 5.41) is 11.1. The second kappa shape index (κ2) is 12.5. The third-order valence-electron chi connectivity index (χ3n) is 11.5. The molecule has 0 fully saturated rings. The van der Waals surface area contributed by atoms with E-state index in [9.17, 15) is 0 Å². The third kappa shape index (κ3) is 5.06. The Morgan fingerprint density at radius 3 is 0.920 bits per heavy atom. The molecule has 1 aliphatic heterocycles. The molecule has 1 nitrogen and oxygen atoms in total. The highest BCUT2D eigenvalue weighted by molar-refractivity contribution is 7.15. The van der Waals surface area contributed by atoms with Crippen molar-refractivity contribution in [2.45, 2.75) is 64.7 Å². The number of ether oxygens (including phenoxy) is 1. The van der Waals surface area contributed by atoms with Crippen LogP contribution >= 0.6 is 0 Å². The van der Waals surface area contributed by atoms with Gasteiger partial charge in [0, 0.05) is 0 Å². The number of rotatable bonds is 6. The fraction of sp³-hybridized carbons (Fsp3) is 0.217. The molecule has 0 radical (unpaired) electrons. The molecule has 6 aromatic carbocycles. The van der Waals surface area contributed by atoms with Gasteiger partial charge in [0.25, 0.3) is 0 Å². The lowest BCUT2D eigenvalue weighted by Gasteiger charge is -2.48. The van der Waals surface area contributed by atoms with E-state index in [-0.39, 0.29) is 10.1 Å². The summed E-state index contributed by atoms with van der Waals surface area (Å²) in [5.74, 6) is 2.22. The van der Waals surface area contributed by atoms with Crippen molar-refractivity contribution in [1.29, 1.82) is 0 Å². The van der Waals surface area contributed by atoms with E-state index >= 15 is 0 Å². The van der Waals surface area contributed by atoms with Gasteiger partial charge in [-0.25, -0.2) is 0 Å². The van der Waals surface area contributed by atoms with Crippen molar-refractivity contribution in [3.63, 3.8) is 0 Å². The van der Waals surface area contributed by atoms with Crippen molar-refractivity contribution in [1.82, 2.24) is 0 Å². The number of hydrogen-bond acceptors (Lipinski definition) is 1. The van der Waals surface area contributed by atoms with Crippen LogP contribution in [-0.4, -0.2) is 24.2 Å². The molecule has 0 atom stereocenters. The van der Waals surface area contributed by atoms with E-state index in [1.807, 2.05) is 0 Å². The van der Waals surface area contributed by atoms with Crippen LogP contribution in [-0.2, 0) is 0 Å². The summed E-state index contributed by atoms with van der Waals surface area (Å²) in [6, 6.07) is 59.5. The summed E-state index contributed by atoms with van der Waals surface area (Å²) in [4.78, 5) is 0. The van der Waals surface area contributed by atoms with E-state index in [1.165, 1.54) is 41.5 Å². The predicted octanol–water partition coefficient (Wildman–Crippen LogP) is 7.16. The second-order valence-corrected chi connectivity index (χ2v) is 30.3. The molecule has 0 spiro atoms. The Balaban J connectivity index is 1.60. The highest BCUT2D eigenvalue weighted by Gasteiger charge is 2.55. The van der Waals surface area contributed by atoms with Crippen LogP contribution in [0.5, 0.6) is 11.5 Å². The minimum atomic E-state index is -2.71. The molecule has 0 unspecified atom stereocenters. The summed E-state index contributed by atoms with van der Waals surface area (Å²) >= 11 is 0. The Kier molecular flexibility index (Phi) is 8.57. The zero-order valence-electron chi connectivity index (χ0n) is 30.9. The van der Waals surface area contributed by atoms with Crippen LogP contribution in [0, 0.1) is 0 Å². The summed E-state index contributed by atoms with van der Waals surface area (Å²) in [7, 11) is -7.67. The van der Waals surface area contributed by atoms with Gasteiger partial charge in [0.05, 0.1) is 0 Å². The predicted molar refractivity (Wildman–Crippen MR) is 224 cm³/mol. The first-order valence-corrected chi connectivity index (χ1v) is 25.0. The van der Waals surface area contributed by atoms with Crippen molar-refractivity contribution in [3.05, 3.63) is 158 Å². The van der Waals surface area contributed by atoms with Gasteiger partial charge in [-0.05, 0) is 51.6 Å². The normalized spacial score (nSPS) is 14.3. The SMILES string of the molecule is CC(C)(C)[Si](c1ccccc1)(c1ccccc1)c1cccc2c1Oc1c(cccc1[Si](c1ccccc1)(c1ccccc1)C(C)(C)C)[Si]2(C)C. The molecule has 0 amide bonds. The van der Waals surface area contributed by atoms with Crippen molar-refractivity contribution >= 4 is 65.7 Å². The van der Waals surface area contributed by atoms with Crippen molar-refractivity contribution < 1.29 is 4.74 Å². The molecule has 1 aliphatic rings. The minimum Gasteiger partial charge on any atom is -0.458 e. The molecule has 4 heteroatoms. The molecule has 7 rings (SSSR count). The van der Waals surface area contributed by atoms with Crippen molar-refractivity contribution in [2.75, 3.05) is 0 Å². The molecular formula is C46H50OSi3. The highest BCUT2D eigenvalue weighted by atomic mass is 28.3. The first-order chi connectivity index (χ1) is 23.9. The Hall–Kier alpha value is -4.23. The molecule has 0 saturated heterocycles. The Morgan fingerprint density at radius 1 is 0.380 bits per heavy atom. The van der Waals surface area contributed by atoms with Gasteiger partial charge in [-0.3, -0.25) is 0 Å². The molecule has 252 valence electrons. The molecule has 6 aromatic rings. The van der Waals surface area contributed by atoms with Gasteiger partial charge < -0.3 is 4.74 Å². The van der Waals surface area contributed by atoms with Gasteiger partial charge in [0.2, 0.25) is 0 Å². The largest absolute Gasteiger partial charge is 0.458 e. The lowest BCUT2D eigenvalue weighted by Crippen LogP contribution is -2.75. The summed E-state index contributed by atoms with van der Waals surface area (Å²) < 4.78 is 7.77. The fourth-order valence-electron chi connectivity index (χ4n) is 9.36. The average molecular weight is 703 g/mol. The van der Waals surface area contributed by atoms with Crippen LogP contribution in [0.1, 0.15) is 41.5 Å². The second-order valence-electron chi connectivity index (χ2n) is 16.6. The van der Waals surface area contributed by atoms with E-state index < -0.39 is 24.2 Å². The first-order valence-electron chi connectivity index (χ1n) is 18.0. The molecule has 0 aliphatic carbocycles. The minimum absolute atomic E-state index is 0.0579. The maximum absolute atomic E-state index is 7.77. The zero-order valence-corrected chi connectivity index (χ0v) is 33.9. The number of para-hydroxylation sites is 2. The average Bonchev–Trinajstić information content (AvgIpc) is 3.10. The topological polar surface area (TPSA) is 9.23 Å². The standard InChI is InChI=1S/C46H50OSi3/c1-45(2,3)49(35-23-13-9-14-24-35,36-25-15-10-16-26-36)41-33-21-31-39-43(41)47-44-40(48(39,7)8)32-22-34-42(44)50(46(4,5)6,37-27-17-11-18-28-37)38-29-19-12-20-30-38/h9-34H,1-8H3. The molecule has 0 saturated carbocycles. The van der Waals surface area contributed by atoms with Crippen LogP contribution in [0.4, 0.5) is 0 Å². The van der Waals surface area contributed by atoms with Gasteiger partial charge in [-0.2, -0.15) is 0 Å². The van der Waals surface area contributed by atoms with Gasteiger partial charge >= 0.3 is 0 Å². The zero-order chi connectivity index (χ0) is 35.4. The van der Waals surface area contributed by atoms with Crippen molar-refractivity contribution in [2.24, 2.45) is 0 Å². The molecule has 1 heterocycles. The fourth-order valence-corrected chi connectivity index (χ4v) is 23.9. The Morgan fingerprint density at radius 2 is 0.660 bits per heavy atom. The van der Waals surface area contributed by atoms with E-state index in [2.05, 4.69) is 212 Å². The molecule has 50 heavy (non-hydrogen) atoms. The van der Waals surface area contributed by atoms with Crippen LogP contribution < -0.4 is 46.2 Å². The Labute approximate surface area is 303 Å². The van der Waals surface area contributed by atoms with Gasteiger partial charge in [-0.1, -0.05) is 212 Å². The van der Waals surface area contributed by atoms with Gasteiger partial charge in [-0.15, -0.1) is 0 Å². The third-order valence-corrected chi connectivity index (χ3v) is 26.6. The summed E-state index contributed by atoms with van der Waals surface area (Å²) in [5.41, 5.74) is 0. The van der Waals surface area contributed by atoms with E-state index in [0.29, 0.717) is 0 Å². The van der Waals surface area contributed by atoms with Crippen LogP contribution in [0.15, 0.2) is 158 Å². The maximum atomic E-state index is 7.77. The Bertz CT molecular complexity index is 1880. The molecule has 0 aromatic heterocycles. The lowest BCUT2D eigenvalue weighted by molar-refractivity contribution is 0.493. The van der Waals surface area contributed by atoms with Crippen LogP contribution in [0.3, 0.4) is 0 Å². The number of benzene rings is 6. The number of fused-ring (bicyclic) bond motifs is 2. The smallest absolute Gasteiger partial charge is 0.158 e.